The molecule has 0 aliphatic heterocycles. The van der Waals surface area contributed by atoms with Crippen LogP contribution in [-0.2, 0) is 21.3 Å². The van der Waals surface area contributed by atoms with E-state index in [-0.39, 0.29) is 12.0 Å². The normalized spacial score (nSPS) is 22.2. The number of rotatable bonds is 7. The van der Waals surface area contributed by atoms with Gasteiger partial charge in [-0.3, -0.25) is 0 Å². The zero-order valence-corrected chi connectivity index (χ0v) is 11.7. The Hall–Kier alpha value is -0.900. The van der Waals surface area contributed by atoms with Gasteiger partial charge in [0.15, 0.2) is 0 Å². The van der Waals surface area contributed by atoms with E-state index in [1.807, 2.05) is 0 Å². The van der Waals surface area contributed by atoms with Crippen molar-refractivity contribution < 1.29 is 14.6 Å². The second-order valence-corrected chi connectivity index (χ2v) is 5.30. The lowest BCUT2D eigenvalue weighted by molar-refractivity contribution is 0.0497. The molecule has 1 atom stereocenters. The fourth-order valence-corrected chi connectivity index (χ4v) is 3.02. The van der Waals surface area contributed by atoms with Gasteiger partial charge in [-0.05, 0) is 36.8 Å². The van der Waals surface area contributed by atoms with Crippen LogP contribution in [0, 0.1) is 0 Å². The van der Waals surface area contributed by atoms with Crippen molar-refractivity contribution in [2.45, 2.75) is 31.1 Å². The first-order valence-electron chi connectivity index (χ1n) is 7.08. The summed E-state index contributed by atoms with van der Waals surface area (Å²) < 4.78 is 10.5. The lowest BCUT2D eigenvalue weighted by Crippen LogP contribution is -2.36. The van der Waals surface area contributed by atoms with E-state index < -0.39 is 0 Å². The monoisotopic (exact) mass is 264 g/mol. The summed E-state index contributed by atoms with van der Waals surface area (Å²) in [5.41, 5.74) is 2.60. The zero-order valence-electron chi connectivity index (χ0n) is 11.7. The Kier molecular flexibility index (Phi) is 5.37. The second kappa shape index (κ2) is 7.04. The standard InChI is InChI=1S/C16H24O3/c1-18-11-12-19-10-9-16(13-17)8-4-6-14-5-2-3-7-15(14)16/h2-3,5,7,17H,4,6,8-13H2,1H3. The summed E-state index contributed by atoms with van der Waals surface area (Å²) in [5.74, 6) is 0. The molecule has 1 aliphatic carbocycles. The maximum Gasteiger partial charge on any atom is 0.0700 e. The summed E-state index contributed by atoms with van der Waals surface area (Å²) in [6.07, 6.45) is 4.20. The van der Waals surface area contributed by atoms with Crippen LogP contribution < -0.4 is 0 Å². The van der Waals surface area contributed by atoms with Crippen LogP contribution in [0.1, 0.15) is 30.4 Å². The average Bonchev–Trinajstić information content (AvgIpc) is 2.47. The molecule has 2 rings (SSSR count). The number of benzene rings is 1. The molecule has 19 heavy (non-hydrogen) atoms. The van der Waals surface area contributed by atoms with E-state index in [1.165, 1.54) is 11.1 Å². The molecule has 0 spiro atoms. The van der Waals surface area contributed by atoms with E-state index in [1.54, 1.807) is 7.11 Å². The van der Waals surface area contributed by atoms with Crippen molar-refractivity contribution in [2.75, 3.05) is 33.5 Å². The zero-order chi connectivity index (χ0) is 13.6. The highest BCUT2D eigenvalue weighted by molar-refractivity contribution is 5.37. The van der Waals surface area contributed by atoms with Gasteiger partial charge in [-0.2, -0.15) is 0 Å². The van der Waals surface area contributed by atoms with Crippen LogP contribution in [0.5, 0.6) is 0 Å². The largest absolute Gasteiger partial charge is 0.395 e. The highest BCUT2D eigenvalue weighted by Gasteiger charge is 2.35. The molecule has 106 valence electrons. The van der Waals surface area contributed by atoms with Crippen molar-refractivity contribution >= 4 is 0 Å². The molecular weight excluding hydrogens is 240 g/mol. The summed E-state index contributed by atoms with van der Waals surface area (Å²) in [7, 11) is 1.68. The summed E-state index contributed by atoms with van der Waals surface area (Å²) >= 11 is 0. The van der Waals surface area contributed by atoms with E-state index in [0.29, 0.717) is 19.8 Å². The van der Waals surface area contributed by atoms with E-state index in [0.717, 1.165) is 25.7 Å². The Morgan fingerprint density at radius 1 is 1.21 bits per heavy atom. The molecule has 1 unspecified atom stereocenters. The third kappa shape index (κ3) is 3.35. The van der Waals surface area contributed by atoms with Crippen molar-refractivity contribution in [3.8, 4) is 0 Å². The Balaban J connectivity index is 2.02. The van der Waals surface area contributed by atoms with Gasteiger partial charge in [-0.15, -0.1) is 0 Å². The molecule has 0 amide bonds. The van der Waals surface area contributed by atoms with Crippen molar-refractivity contribution in [2.24, 2.45) is 0 Å². The van der Waals surface area contributed by atoms with Gasteiger partial charge in [0.25, 0.3) is 0 Å². The fraction of sp³-hybridized carbons (Fsp3) is 0.625. The van der Waals surface area contributed by atoms with E-state index >= 15 is 0 Å². The highest BCUT2D eigenvalue weighted by atomic mass is 16.5. The van der Waals surface area contributed by atoms with Gasteiger partial charge in [0.2, 0.25) is 0 Å². The fourth-order valence-electron chi connectivity index (χ4n) is 3.02. The van der Waals surface area contributed by atoms with Crippen molar-refractivity contribution in [1.82, 2.24) is 0 Å². The van der Waals surface area contributed by atoms with Crippen LogP contribution >= 0.6 is 0 Å². The molecule has 1 N–H and O–H groups in total. The van der Waals surface area contributed by atoms with Crippen molar-refractivity contribution in [1.29, 1.82) is 0 Å². The molecule has 3 nitrogen and oxygen atoms in total. The molecule has 1 aromatic rings. The molecular formula is C16H24O3. The molecule has 0 aromatic heterocycles. The number of aliphatic hydroxyl groups is 1. The molecule has 0 heterocycles. The smallest absolute Gasteiger partial charge is 0.0700 e. The molecule has 3 heteroatoms. The molecule has 0 bridgehead atoms. The lowest BCUT2D eigenvalue weighted by Gasteiger charge is -2.38. The number of hydrogen-bond acceptors (Lipinski definition) is 3. The van der Waals surface area contributed by atoms with Gasteiger partial charge in [-0.1, -0.05) is 24.3 Å². The van der Waals surface area contributed by atoms with Crippen LogP contribution in [0.4, 0.5) is 0 Å². The third-order valence-corrected chi connectivity index (χ3v) is 4.15. The SMILES string of the molecule is COCCOCCC1(CO)CCCc2ccccc21. The number of aliphatic hydroxyl groups excluding tert-OH is 1. The predicted octanol–water partition coefficient (Wildman–Crippen LogP) is 2.31. The maximum absolute atomic E-state index is 9.91. The first-order valence-corrected chi connectivity index (χ1v) is 7.08. The van der Waals surface area contributed by atoms with Gasteiger partial charge >= 0.3 is 0 Å². The van der Waals surface area contributed by atoms with Gasteiger partial charge < -0.3 is 14.6 Å². The van der Waals surface area contributed by atoms with Gasteiger partial charge in [-0.25, -0.2) is 0 Å². The molecule has 0 radical (unpaired) electrons. The molecule has 0 saturated carbocycles. The lowest BCUT2D eigenvalue weighted by atomic mass is 9.68. The van der Waals surface area contributed by atoms with Crippen LogP contribution in [0.25, 0.3) is 0 Å². The third-order valence-electron chi connectivity index (χ3n) is 4.15. The Morgan fingerprint density at radius 2 is 2.05 bits per heavy atom. The first kappa shape index (κ1) is 14.5. The van der Waals surface area contributed by atoms with E-state index in [9.17, 15) is 5.11 Å². The van der Waals surface area contributed by atoms with Gasteiger partial charge in [0, 0.05) is 19.1 Å². The number of hydrogen-bond donors (Lipinski definition) is 1. The van der Waals surface area contributed by atoms with Crippen LogP contribution in [0.3, 0.4) is 0 Å². The number of aryl methyl sites for hydroxylation is 1. The minimum Gasteiger partial charge on any atom is -0.395 e. The van der Waals surface area contributed by atoms with Crippen LogP contribution in [0.15, 0.2) is 24.3 Å². The summed E-state index contributed by atoms with van der Waals surface area (Å²) in [6, 6.07) is 8.51. The maximum atomic E-state index is 9.91. The predicted molar refractivity (Wildman–Crippen MR) is 75.5 cm³/mol. The summed E-state index contributed by atoms with van der Waals surface area (Å²) in [4.78, 5) is 0. The van der Waals surface area contributed by atoms with Crippen molar-refractivity contribution in [3.63, 3.8) is 0 Å². The average molecular weight is 264 g/mol. The Morgan fingerprint density at radius 3 is 2.84 bits per heavy atom. The second-order valence-electron chi connectivity index (χ2n) is 5.30. The van der Waals surface area contributed by atoms with E-state index in [2.05, 4.69) is 24.3 Å². The van der Waals surface area contributed by atoms with E-state index in [4.69, 9.17) is 9.47 Å². The van der Waals surface area contributed by atoms with Crippen molar-refractivity contribution in [3.05, 3.63) is 35.4 Å². The molecule has 1 aromatic carbocycles. The minimum absolute atomic E-state index is 0.109. The van der Waals surface area contributed by atoms with Crippen LogP contribution in [-0.4, -0.2) is 38.6 Å². The molecule has 0 fully saturated rings. The Bertz CT molecular complexity index is 391. The Labute approximate surface area is 115 Å². The summed E-state index contributed by atoms with van der Waals surface area (Å²) in [6.45, 7) is 2.14. The van der Waals surface area contributed by atoms with Gasteiger partial charge in [0.05, 0.1) is 19.8 Å². The number of methoxy groups -OCH3 is 1. The molecule has 1 aliphatic rings. The number of ether oxygens (including phenoxy) is 2. The topological polar surface area (TPSA) is 38.7 Å². The van der Waals surface area contributed by atoms with Crippen LogP contribution in [0.2, 0.25) is 0 Å². The first-order chi connectivity index (χ1) is 9.32. The molecule has 0 saturated heterocycles. The quantitative estimate of drug-likeness (QED) is 0.768. The summed E-state index contributed by atoms with van der Waals surface area (Å²) in [5, 5.41) is 9.91. The highest BCUT2D eigenvalue weighted by Crippen LogP contribution is 2.39. The van der Waals surface area contributed by atoms with Gasteiger partial charge in [0.1, 0.15) is 0 Å². The number of fused-ring (bicyclic) bond motifs is 1. The minimum atomic E-state index is -0.109.